The van der Waals surface area contributed by atoms with E-state index < -0.39 is 0 Å². The molecular weight excluding hydrogens is 232 g/mol. The van der Waals surface area contributed by atoms with Gasteiger partial charge in [0, 0.05) is 50.5 Å². The van der Waals surface area contributed by atoms with Gasteiger partial charge in [-0.25, -0.2) is 0 Å². The molecule has 0 saturated carbocycles. The number of nitrogens with one attached hydrogen (secondary N) is 1. The lowest BCUT2D eigenvalue weighted by Gasteiger charge is -2.35. The fourth-order valence-electron chi connectivity index (χ4n) is 2.46. The first-order valence-electron chi connectivity index (χ1n) is 6.30. The number of aliphatic hydroxyl groups is 1. The molecule has 5 heteroatoms. The van der Waals surface area contributed by atoms with Crippen LogP contribution in [0.1, 0.15) is 18.0 Å². The fourth-order valence-corrected chi connectivity index (χ4v) is 2.46. The summed E-state index contributed by atoms with van der Waals surface area (Å²) in [5.74, 6) is 0.145. The van der Waals surface area contributed by atoms with Crippen molar-refractivity contribution in [2.45, 2.75) is 12.5 Å². The number of aliphatic hydroxyl groups excluding tert-OH is 1. The molecule has 1 aliphatic rings. The van der Waals surface area contributed by atoms with Crippen LogP contribution in [0.2, 0.25) is 0 Å². The molecule has 0 bridgehead atoms. The van der Waals surface area contributed by atoms with Gasteiger partial charge in [-0.1, -0.05) is 6.07 Å². The van der Waals surface area contributed by atoms with Crippen molar-refractivity contribution in [3.63, 3.8) is 0 Å². The summed E-state index contributed by atoms with van der Waals surface area (Å²) in [6, 6.07) is 4.65. The third-order valence-electron chi connectivity index (χ3n) is 3.37. The predicted molar refractivity (Wildman–Crippen MR) is 68.7 cm³/mol. The highest BCUT2D eigenvalue weighted by atomic mass is 16.3. The van der Waals surface area contributed by atoms with Gasteiger partial charge in [0.25, 0.3) is 0 Å². The zero-order valence-corrected chi connectivity index (χ0v) is 10.3. The van der Waals surface area contributed by atoms with Crippen molar-refractivity contribution in [3.8, 4) is 11.5 Å². The van der Waals surface area contributed by atoms with Crippen LogP contribution in [0.15, 0.2) is 18.2 Å². The van der Waals surface area contributed by atoms with Gasteiger partial charge in [0.1, 0.15) is 11.5 Å². The van der Waals surface area contributed by atoms with Crippen molar-refractivity contribution in [1.29, 1.82) is 0 Å². The molecule has 0 spiro atoms. The first-order valence-corrected chi connectivity index (χ1v) is 6.30. The number of nitrogens with zero attached hydrogens (tertiary/aromatic N) is 1. The quantitative estimate of drug-likeness (QED) is 0.625. The summed E-state index contributed by atoms with van der Waals surface area (Å²) in [7, 11) is 0. The van der Waals surface area contributed by atoms with Crippen molar-refractivity contribution in [3.05, 3.63) is 23.8 Å². The summed E-state index contributed by atoms with van der Waals surface area (Å²) in [5, 5.41) is 31.7. The monoisotopic (exact) mass is 252 g/mol. The van der Waals surface area contributed by atoms with E-state index in [1.54, 1.807) is 12.1 Å². The molecule has 100 valence electrons. The highest BCUT2D eigenvalue weighted by Crippen LogP contribution is 2.33. The predicted octanol–water partition coefficient (Wildman–Crippen LogP) is 0.426. The molecule has 1 atom stereocenters. The second kappa shape index (κ2) is 6.04. The Kier molecular flexibility index (Phi) is 4.41. The lowest BCUT2D eigenvalue weighted by molar-refractivity contribution is 0.139. The molecule has 1 aromatic carbocycles. The molecule has 0 aliphatic carbocycles. The van der Waals surface area contributed by atoms with Crippen molar-refractivity contribution < 1.29 is 15.3 Å². The van der Waals surface area contributed by atoms with Gasteiger partial charge < -0.3 is 20.6 Å². The van der Waals surface area contributed by atoms with E-state index in [9.17, 15) is 15.3 Å². The molecule has 0 aromatic heterocycles. The standard InChI is InChI=1S/C13H20N2O3/c16-8-3-12(15-6-4-14-5-7-15)11-2-1-10(17)9-13(11)18/h1-2,9,12,14,16-18H,3-8H2/t12-/m1/s1. The molecule has 0 unspecified atom stereocenters. The SMILES string of the molecule is OCC[C@H](c1ccc(O)cc1O)N1CCNCC1. The summed E-state index contributed by atoms with van der Waals surface area (Å²) in [6.07, 6.45) is 0.582. The molecule has 0 amide bonds. The zero-order chi connectivity index (χ0) is 13.0. The molecule has 5 nitrogen and oxygen atoms in total. The highest BCUT2D eigenvalue weighted by molar-refractivity contribution is 5.40. The average Bonchev–Trinajstić information content (AvgIpc) is 2.38. The largest absolute Gasteiger partial charge is 0.508 e. The normalized spacial score (nSPS) is 18.7. The molecule has 1 saturated heterocycles. The van der Waals surface area contributed by atoms with Crippen LogP contribution in [0.3, 0.4) is 0 Å². The summed E-state index contributed by atoms with van der Waals surface area (Å²) in [5.41, 5.74) is 0.767. The molecule has 1 aliphatic heterocycles. The summed E-state index contributed by atoms with van der Waals surface area (Å²) >= 11 is 0. The van der Waals surface area contributed by atoms with Crippen LogP contribution in [0.4, 0.5) is 0 Å². The van der Waals surface area contributed by atoms with Crippen LogP contribution in [0, 0.1) is 0 Å². The van der Waals surface area contributed by atoms with E-state index >= 15 is 0 Å². The van der Waals surface area contributed by atoms with E-state index in [4.69, 9.17) is 0 Å². The first kappa shape index (κ1) is 13.1. The maximum Gasteiger partial charge on any atom is 0.124 e. The van der Waals surface area contributed by atoms with Gasteiger partial charge in [0.05, 0.1) is 0 Å². The van der Waals surface area contributed by atoms with E-state index in [0.29, 0.717) is 6.42 Å². The average molecular weight is 252 g/mol. The molecule has 1 fully saturated rings. The Bertz CT molecular complexity index is 392. The van der Waals surface area contributed by atoms with Crippen LogP contribution in [-0.2, 0) is 0 Å². The molecule has 0 radical (unpaired) electrons. The summed E-state index contributed by atoms with van der Waals surface area (Å²) in [4.78, 5) is 2.25. The fraction of sp³-hybridized carbons (Fsp3) is 0.538. The van der Waals surface area contributed by atoms with E-state index in [-0.39, 0.29) is 24.1 Å². The van der Waals surface area contributed by atoms with Crippen LogP contribution in [-0.4, -0.2) is 53.0 Å². The molecule has 1 aromatic rings. The lowest BCUT2D eigenvalue weighted by Crippen LogP contribution is -2.45. The molecule has 4 N–H and O–H groups in total. The van der Waals surface area contributed by atoms with Gasteiger partial charge in [0.2, 0.25) is 0 Å². The Morgan fingerprint density at radius 1 is 1.22 bits per heavy atom. The van der Waals surface area contributed by atoms with Gasteiger partial charge >= 0.3 is 0 Å². The Morgan fingerprint density at radius 2 is 1.94 bits per heavy atom. The van der Waals surface area contributed by atoms with Crippen LogP contribution in [0.25, 0.3) is 0 Å². The zero-order valence-electron chi connectivity index (χ0n) is 10.3. The van der Waals surface area contributed by atoms with Crippen LogP contribution >= 0.6 is 0 Å². The van der Waals surface area contributed by atoms with Gasteiger partial charge in [-0.15, -0.1) is 0 Å². The second-order valence-electron chi connectivity index (χ2n) is 4.56. The maximum absolute atomic E-state index is 9.94. The maximum atomic E-state index is 9.94. The van der Waals surface area contributed by atoms with Crippen molar-refractivity contribution in [1.82, 2.24) is 10.2 Å². The third kappa shape index (κ3) is 2.93. The molecule has 18 heavy (non-hydrogen) atoms. The smallest absolute Gasteiger partial charge is 0.124 e. The number of hydrogen-bond donors (Lipinski definition) is 4. The molecular formula is C13H20N2O3. The van der Waals surface area contributed by atoms with Crippen molar-refractivity contribution >= 4 is 0 Å². The van der Waals surface area contributed by atoms with Gasteiger partial charge in [-0.2, -0.15) is 0 Å². The Hall–Kier alpha value is -1.30. The second-order valence-corrected chi connectivity index (χ2v) is 4.56. The number of aromatic hydroxyl groups is 2. The first-order chi connectivity index (χ1) is 8.72. The van der Waals surface area contributed by atoms with Gasteiger partial charge in [-0.05, 0) is 12.5 Å². The minimum absolute atomic E-state index is 0.00213. The number of rotatable bonds is 4. The van der Waals surface area contributed by atoms with Crippen molar-refractivity contribution in [2.24, 2.45) is 0 Å². The van der Waals surface area contributed by atoms with Gasteiger partial charge in [-0.3, -0.25) is 4.90 Å². The summed E-state index contributed by atoms with van der Waals surface area (Å²) < 4.78 is 0. The highest BCUT2D eigenvalue weighted by Gasteiger charge is 2.24. The topological polar surface area (TPSA) is 76.0 Å². The van der Waals surface area contributed by atoms with Gasteiger partial charge in [0.15, 0.2) is 0 Å². The lowest BCUT2D eigenvalue weighted by atomic mass is 10.00. The van der Waals surface area contributed by atoms with Crippen LogP contribution < -0.4 is 5.32 Å². The minimum atomic E-state index is -0.00213. The number of benzene rings is 1. The molecule has 1 heterocycles. The minimum Gasteiger partial charge on any atom is -0.508 e. The Labute approximate surface area is 107 Å². The van der Waals surface area contributed by atoms with Crippen LogP contribution in [0.5, 0.6) is 11.5 Å². The van der Waals surface area contributed by atoms with E-state index in [2.05, 4.69) is 10.2 Å². The van der Waals surface area contributed by atoms with E-state index in [0.717, 1.165) is 31.7 Å². The molecule has 2 rings (SSSR count). The third-order valence-corrected chi connectivity index (χ3v) is 3.37. The Morgan fingerprint density at radius 3 is 2.56 bits per heavy atom. The number of piperazine rings is 1. The number of phenolic OH excluding ortho intramolecular Hbond substituents is 2. The number of phenols is 2. The van der Waals surface area contributed by atoms with E-state index in [1.807, 2.05) is 0 Å². The number of hydrogen-bond acceptors (Lipinski definition) is 5. The van der Waals surface area contributed by atoms with E-state index in [1.165, 1.54) is 6.07 Å². The Balaban J connectivity index is 2.22. The summed E-state index contributed by atoms with van der Waals surface area (Å²) in [6.45, 7) is 3.70. The van der Waals surface area contributed by atoms with Crippen molar-refractivity contribution in [2.75, 3.05) is 32.8 Å².